The van der Waals surface area contributed by atoms with Crippen LogP contribution in [0.15, 0.2) is 0 Å². The highest BCUT2D eigenvalue weighted by molar-refractivity contribution is 4.98. The third-order valence-corrected chi connectivity index (χ3v) is 5.58. The normalized spacial score (nSPS) is 33.3. The molecule has 0 N–H and O–H groups in total. The molecule has 0 aromatic rings. The Morgan fingerprint density at radius 2 is 1.71 bits per heavy atom. The molecule has 0 aromatic carbocycles. The molecule has 3 rings (SSSR count). The zero-order chi connectivity index (χ0) is 15.1. The first-order valence-electron chi connectivity index (χ1n) is 8.38. The lowest BCUT2D eigenvalue weighted by Crippen LogP contribution is -2.50. The summed E-state index contributed by atoms with van der Waals surface area (Å²) in [5, 5.41) is 0. The summed E-state index contributed by atoms with van der Waals surface area (Å²) in [7, 11) is 2.01. The van der Waals surface area contributed by atoms with Crippen LogP contribution in [0.2, 0.25) is 0 Å². The van der Waals surface area contributed by atoms with Crippen molar-refractivity contribution in [2.75, 3.05) is 26.7 Å². The van der Waals surface area contributed by atoms with Crippen LogP contribution >= 0.6 is 0 Å². The highest BCUT2D eigenvalue weighted by Crippen LogP contribution is 2.41. The molecule has 1 aliphatic heterocycles. The third kappa shape index (κ3) is 3.92. The minimum absolute atomic E-state index is 0.0289. The van der Waals surface area contributed by atoms with Gasteiger partial charge >= 0.3 is 0 Å². The Morgan fingerprint density at radius 1 is 1.05 bits per heavy atom. The van der Waals surface area contributed by atoms with Gasteiger partial charge in [0.25, 0.3) is 0 Å². The van der Waals surface area contributed by atoms with Gasteiger partial charge in [0.2, 0.25) is 5.92 Å². The fraction of sp³-hybridized carbons (Fsp3) is 1.00. The van der Waals surface area contributed by atoms with E-state index < -0.39 is 11.6 Å². The van der Waals surface area contributed by atoms with Crippen LogP contribution in [0.3, 0.4) is 0 Å². The molecule has 0 aromatic heterocycles. The van der Waals surface area contributed by atoms with Crippen LogP contribution < -0.4 is 0 Å². The quantitative estimate of drug-likeness (QED) is 0.785. The molecule has 3 aliphatic rings. The number of halogens is 3. The van der Waals surface area contributed by atoms with Gasteiger partial charge in [-0.15, -0.1) is 0 Å². The zero-order valence-electron chi connectivity index (χ0n) is 13.0. The SMILES string of the molecule is CN(CC1(F)CC1)C1CCN(C2CCCC(F)(F)C2)CC1. The maximum absolute atomic E-state index is 13.8. The summed E-state index contributed by atoms with van der Waals surface area (Å²) in [6, 6.07) is 0.467. The van der Waals surface area contributed by atoms with Crippen molar-refractivity contribution in [1.29, 1.82) is 0 Å². The van der Waals surface area contributed by atoms with Crippen LogP contribution in [0.25, 0.3) is 0 Å². The van der Waals surface area contributed by atoms with Gasteiger partial charge in [0, 0.05) is 31.5 Å². The van der Waals surface area contributed by atoms with Crippen LogP contribution in [0.5, 0.6) is 0 Å². The molecule has 0 bridgehead atoms. The third-order valence-electron chi connectivity index (χ3n) is 5.58. The lowest BCUT2D eigenvalue weighted by molar-refractivity contribution is -0.0685. The molecule has 2 saturated carbocycles. The molecular weight excluding hydrogens is 277 g/mol. The van der Waals surface area contributed by atoms with E-state index in [2.05, 4.69) is 9.80 Å². The van der Waals surface area contributed by atoms with E-state index in [0.717, 1.165) is 32.4 Å². The Labute approximate surface area is 125 Å². The molecule has 0 amide bonds. The smallest absolute Gasteiger partial charge is 0.249 e. The van der Waals surface area contributed by atoms with Crippen molar-refractivity contribution in [3.05, 3.63) is 0 Å². The van der Waals surface area contributed by atoms with Crippen LogP contribution in [-0.2, 0) is 0 Å². The number of hydrogen-bond donors (Lipinski definition) is 0. The highest BCUT2D eigenvalue weighted by atomic mass is 19.3. The van der Waals surface area contributed by atoms with Gasteiger partial charge in [0.15, 0.2) is 0 Å². The summed E-state index contributed by atoms with van der Waals surface area (Å²) in [4.78, 5) is 4.40. The average Bonchev–Trinajstić information content (AvgIpc) is 3.15. The molecule has 3 fully saturated rings. The Hall–Kier alpha value is -0.290. The summed E-state index contributed by atoms with van der Waals surface area (Å²) in [6.45, 7) is 2.31. The van der Waals surface area contributed by atoms with Gasteiger partial charge in [0.1, 0.15) is 5.67 Å². The second kappa shape index (κ2) is 5.73. The summed E-state index contributed by atoms with van der Waals surface area (Å²) in [6.07, 6.45) is 5.00. The van der Waals surface area contributed by atoms with Crippen molar-refractivity contribution in [1.82, 2.24) is 9.80 Å². The van der Waals surface area contributed by atoms with E-state index >= 15 is 0 Å². The zero-order valence-corrected chi connectivity index (χ0v) is 13.0. The Bertz CT molecular complexity index is 363. The summed E-state index contributed by atoms with van der Waals surface area (Å²) >= 11 is 0. The first kappa shape index (κ1) is 15.6. The molecule has 1 unspecified atom stereocenters. The van der Waals surface area contributed by atoms with Crippen LogP contribution in [-0.4, -0.2) is 60.2 Å². The number of alkyl halides is 3. The summed E-state index contributed by atoms with van der Waals surface area (Å²) in [5.41, 5.74) is -0.933. The second-order valence-electron chi connectivity index (χ2n) is 7.44. The number of likely N-dealkylation sites (tertiary alicyclic amines) is 1. The summed E-state index contributed by atoms with van der Waals surface area (Å²) in [5.74, 6) is -2.47. The van der Waals surface area contributed by atoms with Gasteiger partial charge in [-0.05, 0) is 58.7 Å². The molecular formula is C16H27F3N2. The number of nitrogens with zero attached hydrogens (tertiary/aromatic N) is 2. The topological polar surface area (TPSA) is 6.48 Å². The monoisotopic (exact) mass is 304 g/mol. The molecule has 0 radical (unpaired) electrons. The van der Waals surface area contributed by atoms with Crippen molar-refractivity contribution < 1.29 is 13.2 Å². The lowest BCUT2D eigenvalue weighted by atomic mass is 9.89. The molecule has 2 aliphatic carbocycles. The lowest BCUT2D eigenvalue weighted by Gasteiger charge is -2.43. The Kier molecular flexibility index (Phi) is 4.25. The first-order chi connectivity index (χ1) is 9.87. The van der Waals surface area contributed by atoms with E-state index in [1.54, 1.807) is 0 Å². The number of piperidine rings is 1. The van der Waals surface area contributed by atoms with Crippen molar-refractivity contribution >= 4 is 0 Å². The maximum Gasteiger partial charge on any atom is 0.249 e. The van der Waals surface area contributed by atoms with Crippen molar-refractivity contribution in [3.8, 4) is 0 Å². The molecule has 21 heavy (non-hydrogen) atoms. The van der Waals surface area contributed by atoms with E-state index in [1.807, 2.05) is 7.05 Å². The summed E-state index contributed by atoms with van der Waals surface area (Å²) < 4.78 is 40.9. The van der Waals surface area contributed by atoms with E-state index in [1.165, 1.54) is 0 Å². The Balaban J connectivity index is 1.46. The van der Waals surface area contributed by atoms with Gasteiger partial charge in [0.05, 0.1) is 0 Å². The molecule has 5 heteroatoms. The predicted molar refractivity (Wildman–Crippen MR) is 77.5 cm³/mol. The fourth-order valence-corrected chi connectivity index (χ4v) is 4.02. The van der Waals surface area contributed by atoms with Gasteiger partial charge in [-0.3, -0.25) is 0 Å². The molecule has 1 heterocycles. The standard InChI is InChI=1S/C16H27F3N2/c1-20(12-15(17)7-8-15)13-4-9-21(10-5-13)14-3-2-6-16(18,19)11-14/h13-14H,2-12H2,1H3. The van der Waals surface area contributed by atoms with Crippen LogP contribution in [0.4, 0.5) is 13.2 Å². The molecule has 2 nitrogen and oxygen atoms in total. The van der Waals surface area contributed by atoms with Gasteiger partial charge < -0.3 is 9.80 Å². The van der Waals surface area contributed by atoms with E-state index in [4.69, 9.17) is 0 Å². The average molecular weight is 304 g/mol. The number of hydrogen-bond acceptors (Lipinski definition) is 2. The van der Waals surface area contributed by atoms with Crippen LogP contribution in [0, 0.1) is 0 Å². The molecule has 1 saturated heterocycles. The predicted octanol–water partition coefficient (Wildman–Crippen LogP) is 3.46. The largest absolute Gasteiger partial charge is 0.300 e. The van der Waals surface area contributed by atoms with E-state index in [-0.39, 0.29) is 18.9 Å². The van der Waals surface area contributed by atoms with Crippen molar-refractivity contribution in [2.45, 2.75) is 75.0 Å². The second-order valence-corrected chi connectivity index (χ2v) is 7.44. The van der Waals surface area contributed by atoms with Crippen molar-refractivity contribution in [3.63, 3.8) is 0 Å². The van der Waals surface area contributed by atoms with Gasteiger partial charge in [-0.2, -0.15) is 0 Å². The first-order valence-corrected chi connectivity index (χ1v) is 8.38. The van der Waals surface area contributed by atoms with Gasteiger partial charge in [-0.25, -0.2) is 13.2 Å². The minimum Gasteiger partial charge on any atom is -0.300 e. The molecule has 1 atom stereocenters. The fourth-order valence-electron chi connectivity index (χ4n) is 4.02. The highest BCUT2D eigenvalue weighted by Gasteiger charge is 2.45. The van der Waals surface area contributed by atoms with E-state index in [9.17, 15) is 13.2 Å². The van der Waals surface area contributed by atoms with Crippen LogP contribution in [0.1, 0.15) is 51.4 Å². The number of rotatable bonds is 4. The molecule has 0 spiro atoms. The molecule has 122 valence electrons. The maximum atomic E-state index is 13.8. The van der Waals surface area contributed by atoms with Crippen molar-refractivity contribution in [2.24, 2.45) is 0 Å². The van der Waals surface area contributed by atoms with E-state index in [0.29, 0.717) is 31.8 Å². The minimum atomic E-state index is -2.47. The Morgan fingerprint density at radius 3 is 2.29 bits per heavy atom. The van der Waals surface area contributed by atoms with Gasteiger partial charge in [-0.1, -0.05) is 0 Å².